The molecule has 1 N–H and O–H groups in total. The molecule has 3 rings (SSSR count). The highest BCUT2D eigenvalue weighted by molar-refractivity contribution is 5.95. The number of carbonyl (C=O) groups excluding carboxylic acids is 2. The molecule has 2 heterocycles. The molecule has 2 aliphatic rings. The van der Waals surface area contributed by atoms with Gasteiger partial charge in [-0.2, -0.15) is 0 Å². The third kappa shape index (κ3) is 4.43. The summed E-state index contributed by atoms with van der Waals surface area (Å²) in [6.45, 7) is 12.9. The van der Waals surface area contributed by atoms with Crippen LogP contribution in [0.4, 0.5) is 0 Å². The van der Waals surface area contributed by atoms with Crippen LogP contribution in [0.3, 0.4) is 0 Å². The molecular weight excluding hydrogens is 354 g/mol. The van der Waals surface area contributed by atoms with Gasteiger partial charge in [-0.05, 0) is 45.1 Å². The molecular formula is C22H35N3O3. The predicted molar refractivity (Wildman–Crippen MR) is 109 cm³/mol. The molecule has 156 valence electrons. The Kier molecular flexibility index (Phi) is 6.48. The van der Waals surface area contributed by atoms with Crippen molar-refractivity contribution in [3.63, 3.8) is 0 Å². The molecule has 0 spiro atoms. The van der Waals surface area contributed by atoms with Gasteiger partial charge in [-0.3, -0.25) is 14.5 Å². The van der Waals surface area contributed by atoms with Gasteiger partial charge in [-0.15, -0.1) is 0 Å². The quantitative estimate of drug-likeness (QED) is 0.860. The second-order valence-corrected chi connectivity index (χ2v) is 8.71. The largest absolute Gasteiger partial charge is 0.466 e. The van der Waals surface area contributed by atoms with E-state index in [0.29, 0.717) is 49.3 Å². The van der Waals surface area contributed by atoms with Crippen LogP contribution in [0.25, 0.3) is 0 Å². The molecule has 28 heavy (non-hydrogen) atoms. The molecule has 4 atom stereocenters. The van der Waals surface area contributed by atoms with Crippen molar-refractivity contribution in [2.45, 2.75) is 66.0 Å². The molecule has 1 saturated carbocycles. The van der Waals surface area contributed by atoms with Gasteiger partial charge in [-0.1, -0.05) is 26.7 Å². The molecule has 1 saturated heterocycles. The zero-order valence-corrected chi connectivity index (χ0v) is 18.0. The Bertz CT molecular complexity index is 706. The van der Waals surface area contributed by atoms with Gasteiger partial charge in [0.25, 0.3) is 5.91 Å². The lowest BCUT2D eigenvalue weighted by molar-refractivity contribution is -0.127. The van der Waals surface area contributed by atoms with Gasteiger partial charge in [0.1, 0.15) is 11.5 Å². The SMILES string of the molecule is Cc1cc(C(=O)N2CCN(C(C)C(=O)NC3CCCC(C)C3C)CC2)c(C)o1. The van der Waals surface area contributed by atoms with Crippen LogP contribution < -0.4 is 5.32 Å². The van der Waals surface area contributed by atoms with Crippen molar-refractivity contribution in [2.24, 2.45) is 11.8 Å². The van der Waals surface area contributed by atoms with Crippen LogP contribution >= 0.6 is 0 Å². The van der Waals surface area contributed by atoms with Gasteiger partial charge >= 0.3 is 0 Å². The summed E-state index contributed by atoms with van der Waals surface area (Å²) in [5.74, 6) is 2.77. The molecule has 6 heteroatoms. The van der Waals surface area contributed by atoms with Gasteiger partial charge in [0.2, 0.25) is 5.91 Å². The number of furan rings is 1. The Balaban J connectivity index is 1.52. The lowest BCUT2D eigenvalue weighted by Crippen LogP contribution is -2.56. The van der Waals surface area contributed by atoms with E-state index in [0.717, 1.165) is 12.2 Å². The number of nitrogens with zero attached hydrogens (tertiary/aromatic N) is 2. The average Bonchev–Trinajstić information content (AvgIpc) is 3.02. The zero-order valence-electron chi connectivity index (χ0n) is 18.0. The Morgan fingerprint density at radius 2 is 1.82 bits per heavy atom. The summed E-state index contributed by atoms with van der Waals surface area (Å²) in [7, 11) is 0. The van der Waals surface area contributed by atoms with Crippen LogP contribution in [-0.4, -0.2) is 59.9 Å². The normalized spacial score (nSPS) is 27.5. The summed E-state index contributed by atoms with van der Waals surface area (Å²) in [6, 6.07) is 1.93. The van der Waals surface area contributed by atoms with Crippen molar-refractivity contribution < 1.29 is 14.0 Å². The first-order valence-corrected chi connectivity index (χ1v) is 10.7. The van der Waals surface area contributed by atoms with Gasteiger partial charge in [0.15, 0.2) is 0 Å². The van der Waals surface area contributed by atoms with Crippen molar-refractivity contribution in [3.05, 3.63) is 23.2 Å². The van der Waals surface area contributed by atoms with Crippen LogP contribution in [0.5, 0.6) is 0 Å². The number of aryl methyl sites for hydroxylation is 2. The first kappa shape index (κ1) is 20.9. The Labute approximate surface area is 168 Å². The van der Waals surface area contributed by atoms with Crippen LogP contribution in [-0.2, 0) is 4.79 Å². The number of amides is 2. The Morgan fingerprint density at radius 1 is 1.14 bits per heavy atom. The van der Waals surface area contributed by atoms with Crippen LogP contribution in [0.2, 0.25) is 0 Å². The highest BCUT2D eigenvalue weighted by atomic mass is 16.3. The summed E-state index contributed by atoms with van der Waals surface area (Å²) < 4.78 is 5.49. The van der Waals surface area contributed by atoms with Crippen LogP contribution in [0.15, 0.2) is 10.5 Å². The monoisotopic (exact) mass is 389 g/mol. The summed E-state index contributed by atoms with van der Waals surface area (Å²) >= 11 is 0. The maximum Gasteiger partial charge on any atom is 0.257 e. The van der Waals surface area contributed by atoms with Crippen LogP contribution in [0, 0.1) is 25.7 Å². The van der Waals surface area contributed by atoms with E-state index < -0.39 is 0 Å². The van der Waals surface area contributed by atoms with E-state index in [1.54, 1.807) is 0 Å². The topological polar surface area (TPSA) is 65.8 Å². The number of piperazine rings is 1. The molecule has 6 nitrogen and oxygen atoms in total. The van der Waals surface area contributed by atoms with Crippen LogP contribution in [0.1, 0.15) is 61.9 Å². The van der Waals surface area contributed by atoms with E-state index in [2.05, 4.69) is 24.1 Å². The van der Waals surface area contributed by atoms with E-state index in [1.165, 1.54) is 12.8 Å². The van der Waals surface area contributed by atoms with E-state index in [1.807, 2.05) is 31.7 Å². The minimum atomic E-state index is -0.167. The minimum absolute atomic E-state index is 0.0242. The fourth-order valence-electron chi connectivity index (χ4n) is 4.58. The number of hydrogen-bond donors (Lipinski definition) is 1. The van der Waals surface area contributed by atoms with Crippen molar-refractivity contribution in [3.8, 4) is 0 Å². The van der Waals surface area contributed by atoms with E-state index in [4.69, 9.17) is 4.42 Å². The molecule has 0 aromatic carbocycles. The lowest BCUT2D eigenvalue weighted by atomic mass is 9.78. The van der Waals surface area contributed by atoms with Crippen molar-refractivity contribution in [1.29, 1.82) is 0 Å². The lowest BCUT2D eigenvalue weighted by Gasteiger charge is -2.39. The maximum absolute atomic E-state index is 12.8. The highest BCUT2D eigenvalue weighted by Gasteiger charge is 2.32. The van der Waals surface area contributed by atoms with Crippen molar-refractivity contribution in [2.75, 3.05) is 26.2 Å². The minimum Gasteiger partial charge on any atom is -0.466 e. The second-order valence-electron chi connectivity index (χ2n) is 8.71. The maximum atomic E-state index is 12.8. The average molecular weight is 390 g/mol. The molecule has 1 aromatic heterocycles. The standard InChI is InChI=1S/C22H35N3O3/c1-14-7-6-8-20(16(14)3)23-21(26)17(4)24-9-11-25(12-10-24)22(27)19-13-15(2)28-18(19)5/h13-14,16-17,20H,6-12H2,1-5H3,(H,23,26). The molecule has 1 aliphatic heterocycles. The van der Waals surface area contributed by atoms with Crippen molar-refractivity contribution >= 4 is 11.8 Å². The summed E-state index contributed by atoms with van der Waals surface area (Å²) in [4.78, 5) is 29.6. The first-order valence-electron chi connectivity index (χ1n) is 10.7. The number of rotatable bonds is 4. The fourth-order valence-corrected chi connectivity index (χ4v) is 4.58. The summed E-state index contributed by atoms with van der Waals surface area (Å²) in [5, 5.41) is 3.29. The molecule has 1 aliphatic carbocycles. The highest BCUT2D eigenvalue weighted by Crippen LogP contribution is 2.29. The molecule has 4 unspecified atom stereocenters. The predicted octanol–water partition coefficient (Wildman–Crippen LogP) is 2.98. The van der Waals surface area contributed by atoms with Gasteiger partial charge < -0.3 is 14.6 Å². The molecule has 2 amide bonds. The molecule has 2 fully saturated rings. The smallest absolute Gasteiger partial charge is 0.257 e. The van der Waals surface area contributed by atoms with Gasteiger partial charge in [0, 0.05) is 32.2 Å². The molecule has 0 bridgehead atoms. The van der Waals surface area contributed by atoms with E-state index in [9.17, 15) is 9.59 Å². The number of carbonyl (C=O) groups is 2. The first-order chi connectivity index (χ1) is 13.3. The van der Waals surface area contributed by atoms with Gasteiger partial charge in [0.05, 0.1) is 11.6 Å². The fraction of sp³-hybridized carbons (Fsp3) is 0.727. The second kappa shape index (κ2) is 8.68. The molecule has 1 aromatic rings. The Morgan fingerprint density at radius 3 is 2.43 bits per heavy atom. The zero-order chi connectivity index (χ0) is 20.4. The third-order valence-corrected chi connectivity index (χ3v) is 6.83. The Hall–Kier alpha value is -1.82. The molecule has 0 radical (unpaired) electrons. The third-order valence-electron chi connectivity index (χ3n) is 6.83. The number of nitrogens with one attached hydrogen (secondary N) is 1. The summed E-state index contributed by atoms with van der Waals surface area (Å²) in [6.07, 6.45) is 3.53. The van der Waals surface area contributed by atoms with Gasteiger partial charge in [-0.25, -0.2) is 0 Å². The van der Waals surface area contributed by atoms with E-state index in [-0.39, 0.29) is 23.9 Å². The summed E-state index contributed by atoms with van der Waals surface area (Å²) in [5.41, 5.74) is 0.650. The number of hydrogen-bond acceptors (Lipinski definition) is 4. The van der Waals surface area contributed by atoms with E-state index >= 15 is 0 Å². The van der Waals surface area contributed by atoms with Crippen molar-refractivity contribution in [1.82, 2.24) is 15.1 Å².